The van der Waals surface area contributed by atoms with E-state index in [1.807, 2.05) is 61.5 Å². The topological polar surface area (TPSA) is 90.5 Å². The van der Waals surface area contributed by atoms with Crippen LogP contribution in [0.3, 0.4) is 0 Å². The maximum absolute atomic E-state index is 9.69. The Morgan fingerprint density at radius 2 is 1.71 bits per heavy atom. The Morgan fingerprint density at radius 1 is 1.09 bits per heavy atom. The van der Waals surface area contributed by atoms with Gasteiger partial charge < -0.3 is 10.5 Å². The van der Waals surface area contributed by atoms with E-state index in [0.29, 0.717) is 11.7 Å². The summed E-state index contributed by atoms with van der Waals surface area (Å²) in [7, 11) is 0. The molecule has 0 saturated carbocycles. The minimum atomic E-state index is 0.0185. The van der Waals surface area contributed by atoms with Gasteiger partial charge in [0.15, 0.2) is 5.78 Å². The molecule has 3 aromatic rings. The molecule has 2 aromatic carbocycles. The fraction of sp³-hybridized carbons (Fsp3) is 0.310. The molecule has 184 valence electrons. The highest BCUT2D eigenvalue weighted by Gasteiger charge is 2.20. The first-order valence-electron chi connectivity index (χ1n) is 12.0. The summed E-state index contributed by atoms with van der Waals surface area (Å²) in [5.41, 5.74) is 9.64. The molecule has 35 heavy (non-hydrogen) atoms. The van der Waals surface area contributed by atoms with Crippen LogP contribution in [0.4, 0.5) is 11.5 Å². The van der Waals surface area contributed by atoms with E-state index in [1.54, 1.807) is 0 Å². The molecule has 6 nitrogen and oxygen atoms in total. The maximum atomic E-state index is 9.69. The smallest absolute Gasteiger partial charge is 0.152 e. The molecule has 0 saturated heterocycles. The molecule has 0 fully saturated rings. The van der Waals surface area contributed by atoms with Crippen molar-refractivity contribution in [3.8, 4) is 11.5 Å². The van der Waals surface area contributed by atoms with Gasteiger partial charge in [-0.3, -0.25) is 9.79 Å². The number of ketones is 1. The number of nitrogens with zero attached hydrogens (tertiary/aromatic N) is 3. The normalized spacial score (nSPS) is 11.7. The van der Waals surface area contributed by atoms with Gasteiger partial charge >= 0.3 is 0 Å². The molecule has 0 aliphatic heterocycles. The molecule has 0 radical (unpaired) electrons. The number of nitrogens with two attached hydrogens (primary N) is 1. The van der Waals surface area contributed by atoms with Gasteiger partial charge in [0.1, 0.15) is 23.6 Å². The zero-order valence-corrected chi connectivity index (χ0v) is 21.2. The summed E-state index contributed by atoms with van der Waals surface area (Å²) in [5, 5.41) is 0. The summed E-state index contributed by atoms with van der Waals surface area (Å²) in [6.45, 7) is 11.0. The molecular formula is C29H36N4O2. The number of nitrogen functional groups attached to an aromatic ring is 1. The van der Waals surface area contributed by atoms with E-state index >= 15 is 0 Å². The first-order valence-corrected chi connectivity index (χ1v) is 12.0. The third-order valence-corrected chi connectivity index (χ3v) is 5.50. The standard InChI is InChI=1S/C25H30N4O.C4H6O/c1-4-6-10-19(5-2)24(23-18(3)25(26)28-17-27-23)29-20-13-15-22(16-14-20)30-21-11-8-7-9-12-21;1-3-4(2)5/h7-9,11-17,19H,4-6,10H2,1-3H3,(H2,26,27,28);3H,1H2,2H3. The number of para-hydroxylation sites is 1. The van der Waals surface area contributed by atoms with E-state index in [0.717, 1.165) is 59.8 Å². The maximum Gasteiger partial charge on any atom is 0.152 e. The van der Waals surface area contributed by atoms with Gasteiger partial charge in [0.2, 0.25) is 0 Å². The molecule has 1 heterocycles. The summed E-state index contributed by atoms with van der Waals surface area (Å²) in [4.78, 5) is 23.4. The van der Waals surface area contributed by atoms with Gasteiger partial charge in [-0.2, -0.15) is 0 Å². The predicted octanol–water partition coefficient (Wildman–Crippen LogP) is 7.26. The molecule has 0 amide bonds. The lowest BCUT2D eigenvalue weighted by Crippen LogP contribution is -2.19. The van der Waals surface area contributed by atoms with E-state index in [9.17, 15) is 4.79 Å². The van der Waals surface area contributed by atoms with Crippen molar-refractivity contribution in [3.05, 3.63) is 84.8 Å². The molecule has 1 aromatic heterocycles. The van der Waals surface area contributed by atoms with E-state index in [-0.39, 0.29) is 5.78 Å². The average Bonchev–Trinajstić information content (AvgIpc) is 2.87. The van der Waals surface area contributed by atoms with Gasteiger partial charge in [-0.1, -0.05) is 51.5 Å². The summed E-state index contributed by atoms with van der Waals surface area (Å²) >= 11 is 0. The summed E-state index contributed by atoms with van der Waals surface area (Å²) in [6, 6.07) is 17.6. The largest absolute Gasteiger partial charge is 0.457 e. The molecule has 6 heteroatoms. The van der Waals surface area contributed by atoms with Gasteiger partial charge in [-0.25, -0.2) is 9.97 Å². The Kier molecular flexibility index (Phi) is 11.3. The molecule has 0 spiro atoms. The number of rotatable bonds is 10. The van der Waals surface area contributed by atoms with Crippen molar-refractivity contribution < 1.29 is 9.53 Å². The monoisotopic (exact) mass is 472 g/mol. The number of anilines is 1. The van der Waals surface area contributed by atoms with E-state index < -0.39 is 0 Å². The lowest BCUT2D eigenvalue weighted by molar-refractivity contribution is -0.112. The molecule has 0 aliphatic rings. The van der Waals surface area contributed by atoms with E-state index in [1.165, 1.54) is 19.3 Å². The molecule has 1 atom stereocenters. The van der Waals surface area contributed by atoms with Crippen molar-refractivity contribution in [2.75, 3.05) is 5.73 Å². The fourth-order valence-electron chi connectivity index (χ4n) is 3.40. The van der Waals surface area contributed by atoms with Crippen LogP contribution in [0.25, 0.3) is 0 Å². The average molecular weight is 473 g/mol. The van der Waals surface area contributed by atoms with Gasteiger partial charge in [0, 0.05) is 11.5 Å². The lowest BCUT2D eigenvalue weighted by atomic mass is 9.90. The lowest BCUT2D eigenvalue weighted by Gasteiger charge is -2.19. The second-order valence-electron chi connectivity index (χ2n) is 8.20. The van der Waals surface area contributed by atoms with Crippen LogP contribution >= 0.6 is 0 Å². The zero-order chi connectivity index (χ0) is 25.6. The first-order chi connectivity index (χ1) is 16.9. The molecule has 0 bridgehead atoms. The number of aliphatic imine (C=N–C) groups is 1. The Hall–Kier alpha value is -3.80. The SMILES string of the molecule is C=CC(C)=O.CCCCC(CC)C(=Nc1ccc(Oc2ccccc2)cc1)c1ncnc(N)c1C. The second-order valence-corrected chi connectivity index (χ2v) is 8.20. The van der Waals surface area contributed by atoms with Crippen molar-refractivity contribution in [2.24, 2.45) is 10.9 Å². The van der Waals surface area contributed by atoms with Gasteiger partial charge in [-0.15, -0.1) is 0 Å². The van der Waals surface area contributed by atoms with Crippen LogP contribution in [0.15, 0.2) is 78.6 Å². The van der Waals surface area contributed by atoms with Crippen LogP contribution in [0, 0.1) is 12.8 Å². The van der Waals surface area contributed by atoms with Crippen molar-refractivity contribution in [1.82, 2.24) is 9.97 Å². The highest BCUT2D eigenvalue weighted by atomic mass is 16.5. The fourth-order valence-corrected chi connectivity index (χ4v) is 3.40. The third-order valence-electron chi connectivity index (χ3n) is 5.50. The summed E-state index contributed by atoms with van der Waals surface area (Å²) in [5.74, 6) is 2.43. The molecule has 0 aliphatic carbocycles. The number of carbonyl (C=O) groups is 1. The van der Waals surface area contributed by atoms with Crippen molar-refractivity contribution >= 4 is 23.0 Å². The van der Waals surface area contributed by atoms with Crippen LogP contribution in [0.2, 0.25) is 0 Å². The number of hydrogen-bond donors (Lipinski definition) is 1. The number of aromatic nitrogens is 2. The number of carbonyl (C=O) groups excluding carboxylic acids is 1. The summed E-state index contributed by atoms with van der Waals surface area (Å²) in [6.07, 6.45) is 7.18. The number of unbranched alkanes of at least 4 members (excludes halogenated alkanes) is 1. The highest BCUT2D eigenvalue weighted by molar-refractivity contribution is 6.03. The van der Waals surface area contributed by atoms with Gasteiger partial charge in [0.05, 0.1) is 17.1 Å². The quantitative estimate of drug-likeness (QED) is 0.248. The summed E-state index contributed by atoms with van der Waals surface area (Å²) < 4.78 is 5.89. The number of allylic oxidation sites excluding steroid dienone is 1. The van der Waals surface area contributed by atoms with Crippen LogP contribution < -0.4 is 10.5 Å². The number of benzene rings is 2. The Balaban J connectivity index is 0.000000784. The van der Waals surface area contributed by atoms with E-state index in [4.69, 9.17) is 15.5 Å². The highest BCUT2D eigenvalue weighted by Crippen LogP contribution is 2.28. The zero-order valence-electron chi connectivity index (χ0n) is 21.2. The minimum Gasteiger partial charge on any atom is -0.457 e. The third kappa shape index (κ3) is 8.81. The molecule has 3 rings (SSSR count). The molecule has 2 N–H and O–H groups in total. The molecule has 1 unspecified atom stereocenters. The van der Waals surface area contributed by atoms with E-state index in [2.05, 4.69) is 30.4 Å². The van der Waals surface area contributed by atoms with Crippen molar-refractivity contribution in [3.63, 3.8) is 0 Å². The Morgan fingerprint density at radius 3 is 2.29 bits per heavy atom. The predicted molar refractivity (Wildman–Crippen MR) is 145 cm³/mol. The van der Waals surface area contributed by atoms with Gasteiger partial charge in [0.25, 0.3) is 0 Å². The van der Waals surface area contributed by atoms with Crippen molar-refractivity contribution in [1.29, 1.82) is 0 Å². The first kappa shape index (κ1) is 27.4. The number of ether oxygens (including phenoxy) is 1. The van der Waals surface area contributed by atoms with Crippen LogP contribution in [0.1, 0.15) is 57.7 Å². The van der Waals surface area contributed by atoms with Crippen LogP contribution in [-0.2, 0) is 4.79 Å². The van der Waals surface area contributed by atoms with Crippen molar-refractivity contribution in [2.45, 2.75) is 53.4 Å². The van der Waals surface area contributed by atoms with Gasteiger partial charge in [-0.05, 0) is 69.2 Å². The Bertz CT molecular complexity index is 1110. The number of hydrogen-bond acceptors (Lipinski definition) is 6. The Labute approximate surface area is 209 Å². The van der Waals surface area contributed by atoms with Crippen LogP contribution in [-0.4, -0.2) is 21.5 Å². The minimum absolute atomic E-state index is 0.0185. The molecular weight excluding hydrogens is 436 g/mol. The second kappa shape index (κ2) is 14.5. The van der Waals surface area contributed by atoms with Crippen LogP contribution in [0.5, 0.6) is 11.5 Å².